The summed E-state index contributed by atoms with van der Waals surface area (Å²) >= 11 is 4.67. The lowest BCUT2D eigenvalue weighted by atomic mass is 10.3. The smallest absolute Gasteiger partial charge is 0.253 e. The van der Waals surface area contributed by atoms with Gasteiger partial charge in [-0.1, -0.05) is 0 Å². The van der Waals surface area contributed by atoms with Gasteiger partial charge in [-0.2, -0.15) is 11.3 Å². The first-order chi connectivity index (χ1) is 6.65. The molecule has 2 amide bonds. The third-order valence-electron chi connectivity index (χ3n) is 1.55. The van der Waals surface area contributed by atoms with Crippen LogP contribution in [0.2, 0.25) is 0 Å². The van der Waals surface area contributed by atoms with E-state index in [0.717, 1.165) is 4.47 Å². The molecule has 4 nitrogen and oxygen atoms in total. The van der Waals surface area contributed by atoms with Crippen molar-refractivity contribution in [3.05, 3.63) is 20.8 Å². The molecule has 0 aliphatic rings. The van der Waals surface area contributed by atoms with Crippen LogP contribution in [0.15, 0.2) is 15.2 Å². The molecule has 0 fully saturated rings. The third-order valence-corrected chi connectivity index (χ3v) is 3.25. The minimum Gasteiger partial charge on any atom is -0.358 e. The summed E-state index contributed by atoms with van der Waals surface area (Å²) in [5.74, 6) is -0.466. The van der Waals surface area contributed by atoms with Gasteiger partial charge in [0, 0.05) is 22.3 Å². The Morgan fingerprint density at radius 1 is 1.50 bits per heavy atom. The highest BCUT2D eigenvalue weighted by Gasteiger charge is 2.11. The Labute approximate surface area is 93.8 Å². The fourth-order valence-electron chi connectivity index (χ4n) is 0.788. The Balaban J connectivity index is 2.52. The van der Waals surface area contributed by atoms with Crippen LogP contribution in [0.1, 0.15) is 10.4 Å². The third kappa shape index (κ3) is 2.81. The number of rotatable bonds is 3. The van der Waals surface area contributed by atoms with E-state index in [9.17, 15) is 9.59 Å². The molecule has 0 aliphatic heterocycles. The van der Waals surface area contributed by atoms with Crippen LogP contribution >= 0.6 is 27.3 Å². The standard InChI is InChI=1S/C8H9BrN2O2S/c1-10-7(12)2-11-8(13)5-3-14-4-6(5)9/h3-4H,2H2,1H3,(H,10,12)(H,11,13). The molecule has 1 heterocycles. The fraction of sp³-hybridized carbons (Fsp3) is 0.250. The van der Waals surface area contributed by atoms with Gasteiger partial charge < -0.3 is 10.6 Å². The number of amides is 2. The number of carbonyl (C=O) groups excluding carboxylic acids is 2. The van der Waals surface area contributed by atoms with Gasteiger partial charge in [0.2, 0.25) is 5.91 Å². The molecule has 0 bridgehead atoms. The van der Waals surface area contributed by atoms with Crippen LogP contribution in [0, 0.1) is 0 Å². The number of likely N-dealkylation sites (N-methyl/N-ethyl adjacent to an activating group) is 1. The highest BCUT2D eigenvalue weighted by Crippen LogP contribution is 2.20. The molecule has 0 aliphatic carbocycles. The number of nitrogens with one attached hydrogen (secondary N) is 2. The zero-order valence-corrected chi connectivity index (χ0v) is 9.87. The van der Waals surface area contributed by atoms with E-state index in [-0.39, 0.29) is 18.4 Å². The summed E-state index contributed by atoms with van der Waals surface area (Å²) in [4.78, 5) is 22.3. The summed E-state index contributed by atoms with van der Waals surface area (Å²) in [5.41, 5.74) is 0.555. The maximum absolute atomic E-state index is 11.4. The number of hydrogen-bond donors (Lipinski definition) is 2. The fourth-order valence-corrected chi connectivity index (χ4v) is 2.24. The van der Waals surface area contributed by atoms with Crippen molar-refractivity contribution < 1.29 is 9.59 Å². The number of carbonyl (C=O) groups is 2. The summed E-state index contributed by atoms with van der Waals surface area (Å²) < 4.78 is 0.747. The Morgan fingerprint density at radius 3 is 2.71 bits per heavy atom. The maximum Gasteiger partial charge on any atom is 0.253 e. The molecule has 14 heavy (non-hydrogen) atoms. The average Bonchev–Trinajstić information content (AvgIpc) is 2.60. The molecule has 0 spiro atoms. The van der Waals surface area contributed by atoms with Gasteiger partial charge in [-0.3, -0.25) is 9.59 Å². The molecule has 0 unspecified atom stereocenters. The zero-order chi connectivity index (χ0) is 10.6. The van der Waals surface area contributed by atoms with Crippen molar-refractivity contribution in [3.8, 4) is 0 Å². The van der Waals surface area contributed by atoms with Crippen molar-refractivity contribution in [1.82, 2.24) is 10.6 Å². The Kier molecular flexibility index (Phi) is 4.09. The minimum absolute atomic E-state index is 0.00236. The molecular formula is C8H9BrN2O2S. The van der Waals surface area contributed by atoms with Gasteiger partial charge in [0.05, 0.1) is 12.1 Å². The number of thiophene rings is 1. The first-order valence-electron chi connectivity index (χ1n) is 3.85. The lowest BCUT2D eigenvalue weighted by molar-refractivity contribution is -0.119. The van der Waals surface area contributed by atoms with Gasteiger partial charge in [-0.15, -0.1) is 0 Å². The molecular weight excluding hydrogens is 268 g/mol. The Hall–Kier alpha value is -0.880. The molecule has 76 valence electrons. The Morgan fingerprint density at radius 2 is 2.21 bits per heavy atom. The predicted molar refractivity (Wildman–Crippen MR) is 58.4 cm³/mol. The molecule has 0 atom stereocenters. The topological polar surface area (TPSA) is 58.2 Å². The van der Waals surface area contributed by atoms with Crippen molar-refractivity contribution in [2.45, 2.75) is 0 Å². The molecule has 0 saturated heterocycles. The molecule has 0 saturated carbocycles. The largest absolute Gasteiger partial charge is 0.358 e. The molecule has 0 aromatic carbocycles. The van der Waals surface area contributed by atoms with E-state index in [1.54, 1.807) is 5.38 Å². The molecule has 6 heteroatoms. The second-order valence-corrected chi connectivity index (χ2v) is 4.09. The van der Waals surface area contributed by atoms with Crippen molar-refractivity contribution in [1.29, 1.82) is 0 Å². The van der Waals surface area contributed by atoms with E-state index in [2.05, 4.69) is 26.6 Å². The molecule has 1 aromatic rings. The monoisotopic (exact) mass is 276 g/mol. The second kappa shape index (κ2) is 5.11. The van der Waals surface area contributed by atoms with Gasteiger partial charge in [0.25, 0.3) is 5.91 Å². The van der Waals surface area contributed by atoms with Gasteiger partial charge >= 0.3 is 0 Å². The number of halogens is 1. The van der Waals surface area contributed by atoms with Crippen LogP contribution in [-0.2, 0) is 4.79 Å². The van der Waals surface area contributed by atoms with Gasteiger partial charge in [-0.25, -0.2) is 0 Å². The van der Waals surface area contributed by atoms with Gasteiger partial charge in [0.1, 0.15) is 0 Å². The lowest BCUT2D eigenvalue weighted by Gasteiger charge is -2.02. The van der Waals surface area contributed by atoms with Crippen molar-refractivity contribution in [2.24, 2.45) is 0 Å². The van der Waals surface area contributed by atoms with E-state index in [0.29, 0.717) is 5.56 Å². The zero-order valence-electron chi connectivity index (χ0n) is 7.46. The van der Waals surface area contributed by atoms with Crippen LogP contribution in [0.3, 0.4) is 0 Å². The highest BCUT2D eigenvalue weighted by molar-refractivity contribution is 9.10. The second-order valence-electron chi connectivity index (χ2n) is 2.49. The van der Waals surface area contributed by atoms with E-state index in [1.807, 2.05) is 5.38 Å². The van der Waals surface area contributed by atoms with Gasteiger partial charge in [-0.05, 0) is 15.9 Å². The highest BCUT2D eigenvalue weighted by atomic mass is 79.9. The SMILES string of the molecule is CNC(=O)CNC(=O)c1cscc1Br. The average molecular weight is 277 g/mol. The van der Waals surface area contributed by atoms with Crippen LogP contribution in [0.5, 0.6) is 0 Å². The van der Waals surface area contributed by atoms with E-state index >= 15 is 0 Å². The lowest BCUT2D eigenvalue weighted by Crippen LogP contribution is -2.35. The molecule has 1 aromatic heterocycles. The minimum atomic E-state index is -0.248. The predicted octanol–water partition coefficient (Wildman–Crippen LogP) is 0.986. The van der Waals surface area contributed by atoms with Crippen molar-refractivity contribution >= 4 is 39.1 Å². The molecule has 2 N–H and O–H groups in total. The van der Waals surface area contributed by atoms with Crippen LogP contribution in [0.4, 0.5) is 0 Å². The van der Waals surface area contributed by atoms with Gasteiger partial charge in [0.15, 0.2) is 0 Å². The number of hydrogen-bond acceptors (Lipinski definition) is 3. The van der Waals surface area contributed by atoms with Crippen LogP contribution in [0.25, 0.3) is 0 Å². The Bertz CT molecular complexity index is 351. The summed E-state index contributed by atoms with van der Waals surface area (Å²) in [7, 11) is 1.52. The molecule has 1 rings (SSSR count). The van der Waals surface area contributed by atoms with Crippen LogP contribution < -0.4 is 10.6 Å². The van der Waals surface area contributed by atoms with E-state index in [1.165, 1.54) is 18.4 Å². The van der Waals surface area contributed by atoms with E-state index in [4.69, 9.17) is 0 Å². The first kappa shape index (κ1) is 11.2. The first-order valence-corrected chi connectivity index (χ1v) is 5.59. The maximum atomic E-state index is 11.4. The van der Waals surface area contributed by atoms with E-state index < -0.39 is 0 Å². The summed E-state index contributed by atoms with van der Waals surface area (Å²) in [6.07, 6.45) is 0. The summed E-state index contributed by atoms with van der Waals surface area (Å²) in [6, 6.07) is 0. The molecule has 0 radical (unpaired) electrons. The summed E-state index contributed by atoms with van der Waals surface area (Å²) in [5, 5.41) is 8.46. The van der Waals surface area contributed by atoms with Crippen molar-refractivity contribution in [2.75, 3.05) is 13.6 Å². The van der Waals surface area contributed by atoms with Crippen molar-refractivity contribution in [3.63, 3.8) is 0 Å². The quantitative estimate of drug-likeness (QED) is 0.865. The van der Waals surface area contributed by atoms with Crippen LogP contribution in [-0.4, -0.2) is 25.4 Å². The normalized spacial score (nSPS) is 9.57. The summed E-state index contributed by atoms with van der Waals surface area (Å²) in [6.45, 7) is -0.00236.